The van der Waals surface area contributed by atoms with Gasteiger partial charge in [0, 0.05) is 13.7 Å². The van der Waals surface area contributed by atoms with Crippen molar-refractivity contribution in [1.29, 1.82) is 0 Å². The molecular formula is C8H11N. The van der Waals surface area contributed by atoms with Crippen LogP contribution in [0.25, 0.3) is 0 Å². The lowest BCUT2D eigenvalue weighted by Gasteiger charge is -1.94. The zero-order valence-electron chi connectivity index (χ0n) is 5.22. The molecule has 1 N–H and O–H groups in total. The summed E-state index contributed by atoms with van der Waals surface area (Å²) in [6.45, 7) is 1.11. The van der Waals surface area contributed by atoms with Crippen molar-refractivity contribution in [3.05, 3.63) is 29.8 Å². The lowest BCUT2D eigenvalue weighted by atomic mass is 10.2. The van der Waals surface area contributed by atoms with Gasteiger partial charge in [0.1, 0.15) is 0 Å². The second-order valence-electron chi connectivity index (χ2n) is 2.33. The van der Waals surface area contributed by atoms with Crippen LogP contribution in [0.4, 0.5) is 5.69 Å². The van der Waals surface area contributed by atoms with E-state index in [0.717, 1.165) is 6.54 Å². The van der Waals surface area contributed by atoms with Crippen LogP contribution in [0.1, 0.15) is 6.99 Å². The summed E-state index contributed by atoms with van der Waals surface area (Å²) in [5, 5.41) is 3.30. The van der Waals surface area contributed by atoms with Crippen LogP contribution in [0.5, 0.6) is 0 Å². The van der Waals surface area contributed by atoms with Crippen molar-refractivity contribution in [2.24, 2.45) is 0 Å². The fourth-order valence-corrected chi connectivity index (χ4v) is 1.24. The molecule has 1 aromatic rings. The first-order chi connectivity index (χ1) is 4.47. The zero-order chi connectivity index (χ0) is 6.10. The molecule has 0 atom stereocenters. The van der Waals surface area contributed by atoms with Gasteiger partial charge in [0.25, 0.3) is 0 Å². The number of rotatable bonds is 0. The molecule has 1 aliphatic rings. The van der Waals surface area contributed by atoms with Crippen LogP contribution < -0.4 is 5.32 Å². The van der Waals surface area contributed by atoms with E-state index in [0.29, 0.717) is 0 Å². The van der Waals surface area contributed by atoms with E-state index >= 15 is 0 Å². The maximum Gasteiger partial charge on any atom is 0.0373 e. The topological polar surface area (TPSA) is 12.0 Å². The van der Waals surface area contributed by atoms with E-state index in [1.807, 2.05) is 0 Å². The monoisotopic (exact) mass is 121 g/mol. The molecule has 1 aromatic carbocycles. The number of hydrogen-bond donors (Lipinski definition) is 1. The molecule has 48 valence electrons. The first-order valence-electron chi connectivity index (χ1n) is 3.28. The summed E-state index contributed by atoms with van der Waals surface area (Å²) in [6, 6.07) is 8.46. The molecule has 0 radical (unpaired) electrons. The van der Waals surface area contributed by atoms with Crippen molar-refractivity contribution in [3.8, 4) is 0 Å². The van der Waals surface area contributed by atoms with E-state index in [1.165, 1.54) is 17.7 Å². The number of hydrogen-bond acceptors (Lipinski definition) is 1. The third kappa shape index (κ3) is 0.689. The minimum atomic E-state index is 0. The largest absolute Gasteiger partial charge is 0.384 e. The fourth-order valence-electron chi connectivity index (χ4n) is 1.24. The molecule has 0 fully saturated rings. The van der Waals surface area contributed by atoms with Crippen molar-refractivity contribution >= 4 is 5.69 Å². The first-order valence-corrected chi connectivity index (χ1v) is 3.28. The van der Waals surface area contributed by atoms with E-state index in [9.17, 15) is 0 Å². The van der Waals surface area contributed by atoms with Crippen LogP contribution in [-0.4, -0.2) is 6.54 Å². The number of nitrogens with one attached hydrogen (secondary N) is 1. The van der Waals surface area contributed by atoms with E-state index in [-0.39, 0.29) is 1.43 Å². The molecule has 0 saturated heterocycles. The highest BCUT2D eigenvalue weighted by atomic mass is 14.9. The third-order valence-electron chi connectivity index (χ3n) is 1.73. The Morgan fingerprint density at radius 3 is 3.11 bits per heavy atom. The molecule has 0 unspecified atom stereocenters. The van der Waals surface area contributed by atoms with Crippen molar-refractivity contribution in [2.45, 2.75) is 6.42 Å². The Balaban J connectivity index is 0.000000500. The maximum absolute atomic E-state index is 3.30. The van der Waals surface area contributed by atoms with Gasteiger partial charge in [-0.1, -0.05) is 18.2 Å². The van der Waals surface area contributed by atoms with Gasteiger partial charge in [-0.2, -0.15) is 0 Å². The van der Waals surface area contributed by atoms with Gasteiger partial charge in [-0.3, -0.25) is 0 Å². The Labute approximate surface area is 56.2 Å². The fraction of sp³-hybridized carbons (Fsp3) is 0.250. The molecule has 0 aromatic heterocycles. The summed E-state index contributed by atoms with van der Waals surface area (Å²) in [5.74, 6) is 0. The van der Waals surface area contributed by atoms with Crippen LogP contribution in [-0.2, 0) is 6.42 Å². The highest BCUT2D eigenvalue weighted by Gasteiger charge is 2.05. The average molecular weight is 121 g/mol. The predicted octanol–water partition coefficient (Wildman–Crippen LogP) is 1.90. The Kier molecular flexibility index (Phi) is 0.950. The molecule has 9 heavy (non-hydrogen) atoms. The standard InChI is InChI=1S/C8H9N.H2/c1-2-4-8-7(3-1)5-6-9-8;/h1-4,9H,5-6H2;1H. The van der Waals surface area contributed by atoms with Crippen LogP contribution >= 0.6 is 0 Å². The SMILES string of the molecule is [HH].c1ccc2c(c1)CCN2. The second-order valence-corrected chi connectivity index (χ2v) is 2.33. The highest BCUT2D eigenvalue weighted by Crippen LogP contribution is 2.19. The van der Waals surface area contributed by atoms with Gasteiger partial charge >= 0.3 is 0 Å². The average Bonchev–Trinajstić information content (AvgIpc) is 2.33. The molecule has 1 heterocycles. The van der Waals surface area contributed by atoms with Gasteiger partial charge in [-0.05, 0) is 18.1 Å². The van der Waals surface area contributed by atoms with E-state index in [1.54, 1.807) is 0 Å². The van der Waals surface area contributed by atoms with Crippen molar-refractivity contribution in [1.82, 2.24) is 0 Å². The second kappa shape index (κ2) is 1.76. The first kappa shape index (κ1) is 4.86. The summed E-state index contributed by atoms with van der Waals surface area (Å²) in [7, 11) is 0. The third-order valence-corrected chi connectivity index (χ3v) is 1.73. The molecule has 0 amide bonds. The summed E-state index contributed by atoms with van der Waals surface area (Å²) in [6.07, 6.45) is 1.19. The Morgan fingerprint density at radius 2 is 2.22 bits per heavy atom. The van der Waals surface area contributed by atoms with Gasteiger partial charge in [0.05, 0.1) is 0 Å². The molecule has 1 aliphatic heterocycles. The lowest BCUT2D eigenvalue weighted by molar-refractivity contribution is 1.11. The summed E-state index contributed by atoms with van der Waals surface area (Å²) in [5.41, 5.74) is 2.77. The molecular weight excluding hydrogens is 110 g/mol. The van der Waals surface area contributed by atoms with Gasteiger partial charge in [0.2, 0.25) is 0 Å². The maximum atomic E-state index is 3.30. The number of fused-ring (bicyclic) bond motifs is 1. The molecule has 1 heteroatoms. The minimum Gasteiger partial charge on any atom is -0.384 e. The number of anilines is 1. The van der Waals surface area contributed by atoms with Gasteiger partial charge < -0.3 is 5.32 Å². The van der Waals surface area contributed by atoms with Crippen LogP contribution in [0.2, 0.25) is 0 Å². The molecule has 0 spiro atoms. The minimum absolute atomic E-state index is 0. The van der Waals surface area contributed by atoms with Crippen molar-refractivity contribution in [2.75, 3.05) is 11.9 Å². The van der Waals surface area contributed by atoms with E-state index in [4.69, 9.17) is 0 Å². The summed E-state index contributed by atoms with van der Waals surface area (Å²) >= 11 is 0. The van der Waals surface area contributed by atoms with Crippen LogP contribution in [0, 0.1) is 0 Å². The van der Waals surface area contributed by atoms with Gasteiger partial charge in [-0.25, -0.2) is 0 Å². The van der Waals surface area contributed by atoms with Crippen molar-refractivity contribution < 1.29 is 1.43 Å². The Morgan fingerprint density at radius 1 is 1.33 bits per heavy atom. The zero-order valence-corrected chi connectivity index (χ0v) is 5.22. The van der Waals surface area contributed by atoms with Gasteiger partial charge in [0.15, 0.2) is 0 Å². The van der Waals surface area contributed by atoms with E-state index < -0.39 is 0 Å². The molecule has 0 bridgehead atoms. The van der Waals surface area contributed by atoms with Crippen LogP contribution in [0.15, 0.2) is 24.3 Å². The van der Waals surface area contributed by atoms with Gasteiger partial charge in [-0.15, -0.1) is 0 Å². The lowest BCUT2D eigenvalue weighted by Crippen LogP contribution is -1.90. The Hall–Kier alpha value is -0.980. The molecule has 0 aliphatic carbocycles. The molecule has 0 saturated carbocycles. The van der Waals surface area contributed by atoms with E-state index in [2.05, 4.69) is 29.6 Å². The predicted molar refractivity (Wildman–Crippen MR) is 40.7 cm³/mol. The molecule has 2 rings (SSSR count). The van der Waals surface area contributed by atoms with Crippen molar-refractivity contribution in [3.63, 3.8) is 0 Å². The highest BCUT2D eigenvalue weighted by molar-refractivity contribution is 5.54. The van der Waals surface area contributed by atoms with Crippen LogP contribution in [0.3, 0.4) is 0 Å². The quantitative estimate of drug-likeness (QED) is 0.552. The normalized spacial score (nSPS) is 14.7. The Bertz CT molecular complexity index is 199. The summed E-state index contributed by atoms with van der Waals surface area (Å²) in [4.78, 5) is 0. The summed E-state index contributed by atoms with van der Waals surface area (Å²) < 4.78 is 0. The number of para-hydroxylation sites is 1. The molecule has 1 nitrogen and oxygen atoms in total. The smallest absolute Gasteiger partial charge is 0.0373 e. The number of benzene rings is 1.